The Balaban J connectivity index is 1.94. The zero-order valence-electron chi connectivity index (χ0n) is 12.0. The first-order chi connectivity index (χ1) is 11.4. The zero-order valence-corrected chi connectivity index (χ0v) is 13.5. The van der Waals surface area contributed by atoms with Gasteiger partial charge in [0.2, 0.25) is 0 Å². The van der Waals surface area contributed by atoms with Gasteiger partial charge in [-0.25, -0.2) is 4.79 Å². The Morgan fingerprint density at radius 2 is 1.79 bits per heavy atom. The summed E-state index contributed by atoms with van der Waals surface area (Å²) in [6.45, 7) is -0.544. The van der Waals surface area contributed by atoms with E-state index in [4.69, 9.17) is 27.9 Å². The van der Waals surface area contributed by atoms with Gasteiger partial charge in [0.15, 0.2) is 6.61 Å². The van der Waals surface area contributed by atoms with E-state index in [1.807, 2.05) is 0 Å². The number of carbonyl (C=O) groups is 2. The third kappa shape index (κ3) is 4.68. The highest BCUT2D eigenvalue weighted by Crippen LogP contribution is 2.27. The van der Waals surface area contributed by atoms with Crippen molar-refractivity contribution < 1.29 is 19.2 Å². The second-order valence-corrected chi connectivity index (χ2v) is 5.40. The van der Waals surface area contributed by atoms with Crippen LogP contribution in [0.1, 0.15) is 10.4 Å². The monoisotopic (exact) mass is 368 g/mol. The number of benzene rings is 2. The third-order valence-electron chi connectivity index (χ3n) is 2.84. The molecule has 0 aliphatic rings. The fourth-order valence-corrected chi connectivity index (χ4v) is 2.04. The van der Waals surface area contributed by atoms with Crippen LogP contribution in [0.2, 0.25) is 10.0 Å². The molecule has 2 aromatic carbocycles. The molecule has 0 aliphatic heterocycles. The lowest BCUT2D eigenvalue weighted by Crippen LogP contribution is -2.21. The molecule has 0 saturated carbocycles. The van der Waals surface area contributed by atoms with Crippen LogP contribution in [-0.2, 0) is 9.53 Å². The Bertz CT molecular complexity index is 793. The van der Waals surface area contributed by atoms with Gasteiger partial charge in [-0.3, -0.25) is 14.9 Å². The molecule has 7 nitrogen and oxygen atoms in total. The van der Waals surface area contributed by atoms with Crippen LogP contribution in [0.5, 0.6) is 0 Å². The number of anilines is 1. The number of nitrogens with one attached hydrogen (secondary N) is 1. The number of carbonyl (C=O) groups excluding carboxylic acids is 2. The van der Waals surface area contributed by atoms with Crippen molar-refractivity contribution in [2.24, 2.45) is 0 Å². The van der Waals surface area contributed by atoms with Crippen LogP contribution < -0.4 is 5.32 Å². The van der Waals surface area contributed by atoms with Crippen LogP contribution in [-0.4, -0.2) is 23.4 Å². The summed E-state index contributed by atoms with van der Waals surface area (Å²) in [7, 11) is 0. The molecule has 0 aromatic heterocycles. The SMILES string of the molecule is O=C(COC(=O)c1ccc(Cl)cc1)Nc1ccc(Cl)c([N+](=O)[O-])c1. The van der Waals surface area contributed by atoms with Crippen molar-refractivity contribution in [3.63, 3.8) is 0 Å². The summed E-state index contributed by atoms with van der Waals surface area (Å²) in [6, 6.07) is 9.76. The van der Waals surface area contributed by atoms with E-state index in [9.17, 15) is 19.7 Å². The smallest absolute Gasteiger partial charge is 0.338 e. The van der Waals surface area contributed by atoms with Gasteiger partial charge >= 0.3 is 5.97 Å². The van der Waals surface area contributed by atoms with Crippen LogP contribution >= 0.6 is 23.2 Å². The molecule has 9 heteroatoms. The first-order valence-electron chi connectivity index (χ1n) is 6.53. The maximum Gasteiger partial charge on any atom is 0.338 e. The molecule has 2 aromatic rings. The molecule has 0 heterocycles. The molecule has 2 rings (SSSR count). The number of nitrogens with zero attached hydrogens (tertiary/aromatic N) is 1. The predicted molar refractivity (Wildman–Crippen MR) is 88.5 cm³/mol. The van der Waals surface area contributed by atoms with Gasteiger partial charge in [0.1, 0.15) is 5.02 Å². The molecule has 0 aliphatic carbocycles. The van der Waals surface area contributed by atoms with Crippen molar-refractivity contribution >= 4 is 46.5 Å². The minimum absolute atomic E-state index is 0.0489. The van der Waals surface area contributed by atoms with Crippen LogP contribution in [0.4, 0.5) is 11.4 Å². The number of esters is 1. The van der Waals surface area contributed by atoms with Crippen LogP contribution in [0, 0.1) is 10.1 Å². The van der Waals surface area contributed by atoms with Gasteiger partial charge in [-0.2, -0.15) is 0 Å². The van der Waals surface area contributed by atoms with Crippen molar-refractivity contribution in [3.8, 4) is 0 Å². The van der Waals surface area contributed by atoms with E-state index in [2.05, 4.69) is 5.32 Å². The van der Waals surface area contributed by atoms with E-state index in [-0.39, 0.29) is 22.0 Å². The van der Waals surface area contributed by atoms with Gasteiger partial charge in [-0.15, -0.1) is 0 Å². The number of ether oxygens (including phenoxy) is 1. The number of rotatable bonds is 5. The largest absolute Gasteiger partial charge is 0.452 e. The molecule has 0 radical (unpaired) electrons. The lowest BCUT2D eigenvalue weighted by molar-refractivity contribution is -0.384. The Hall–Kier alpha value is -2.64. The Morgan fingerprint density at radius 1 is 1.12 bits per heavy atom. The van der Waals surface area contributed by atoms with Crippen molar-refractivity contribution in [1.82, 2.24) is 0 Å². The summed E-state index contributed by atoms with van der Waals surface area (Å²) in [5.74, 6) is -1.34. The fourth-order valence-electron chi connectivity index (χ4n) is 1.73. The topological polar surface area (TPSA) is 98.5 Å². The lowest BCUT2D eigenvalue weighted by atomic mass is 10.2. The molecule has 1 amide bonds. The maximum atomic E-state index is 11.8. The van der Waals surface area contributed by atoms with E-state index >= 15 is 0 Å². The number of amides is 1. The van der Waals surface area contributed by atoms with E-state index in [0.29, 0.717) is 5.02 Å². The summed E-state index contributed by atoms with van der Waals surface area (Å²) >= 11 is 11.4. The molecule has 0 unspecified atom stereocenters. The van der Waals surface area contributed by atoms with Gasteiger partial charge in [0, 0.05) is 16.8 Å². The number of hydrogen-bond acceptors (Lipinski definition) is 5. The standard InChI is InChI=1S/C15H10Cl2N2O5/c16-10-3-1-9(2-4-10)15(21)24-8-14(20)18-11-5-6-12(17)13(7-11)19(22)23/h1-7H,8H2,(H,18,20). The summed E-state index contributed by atoms with van der Waals surface area (Å²) < 4.78 is 4.85. The van der Waals surface area contributed by atoms with Crippen molar-refractivity contribution in [2.75, 3.05) is 11.9 Å². The lowest BCUT2D eigenvalue weighted by Gasteiger charge is -2.07. The second kappa shape index (κ2) is 7.76. The summed E-state index contributed by atoms with van der Waals surface area (Å²) in [6.07, 6.45) is 0. The predicted octanol–water partition coefficient (Wildman–Crippen LogP) is 3.70. The molecular weight excluding hydrogens is 359 g/mol. The maximum absolute atomic E-state index is 11.8. The van der Waals surface area contributed by atoms with Crippen LogP contribution in [0.25, 0.3) is 0 Å². The van der Waals surface area contributed by atoms with Crippen molar-refractivity contribution in [3.05, 3.63) is 68.2 Å². The minimum atomic E-state index is -0.691. The van der Waals surface area contributed by atoms with Gasteiger partial charge in [-0.05, 0) is 36.4 Å². The summed E-state index contributed by atoms with van der Waals surface area (Å²) in [5.41, 5.74) is 0.0700. The van der Waals surface area contributed by atoms with Crippen LogP contribution in [0.3, 0.4) is 0 Å². The third-order valence-corrected chi connectivity index (χ3v) is 3.41. The Morgan fingerprint density at radius 3 is 2.42 bits per heavy atom. The van der Waals surface area contributed by atoms with E-state index in [1.165, 1.54) is 36.4 Å². The van der Waals surface area contributed by atoms with Crippen molar-refractivity contribution in [2.45, 2.75) is 0 Å². The molecule has 0 atom stereocenters. The summed E-state index contributed by atoms with van der Waals surface area (Å²) in [4.78, 5) is 33.6. The molecule has 124 valence electrons. The first-order valence-corrected chi connectivity index (χ1v) is 7.29. The Labute approximate surface area is 146 Å². The average molecular weight is 369 g/mol. The van der Waals surface area contributed by atoms with Gasteiger partial charge in [-0.1, -0.05) is 23.2 Å². The quantitative estimate of drug-likeness (QED) is 0.492. The Kier molecular flexibility index (Phi) is 5.73. The van der Waals surface area contributed by atoms with Crippen molar-refractivity contribution in [1.29, 1.82) is 0 Å². The number of hydrogen-bond donors (Lipinski definition) is 1. The van der Waals surface area contributed by atoms with E-state index in [1.54, 1.807) is 0 Å². The molecule has 0 bridgehead atoms. The molecule has 1 N–H and O–H groups in total. The number of nitro groups is 1. The zero-order chi connectivity index (χ0) is 17.7. The second-order valence-electron chi connectivity index (χ2n) is 4.55. The van der Waals surface area contributed by atoms with Gasteiger partial charge < -0.3 is 10.1 Å². The molecule has 24 heavy (non-hydrogen) atoms. The van der Waals surface area contributed by atoms with Gasteiger partial charge in [0.25, 0.3) is 11.6 Å². The fraction of sp³-hybridized carbons (Fsp3) is 0.0667. The van der Waals surface area contributed by atoms with E-state index in [0.717, 1.165) is 6.07 Å². The highest BCUT2D eigenvalue weighted by molar-refractivity contribution is 6.32. The summed E-state index contributed by atoms with van der Waals surface area (Å²) in [5, 5.41) is 13.6. The average Bonchev–Trinajstić information content (AvgIpc) is 2.55. The molecule has 0 saturated heterocycles. The van der Waals surface area contributed by atoms with E-state index < -0.39 is 23.4 Å². The highest BCUT2D eigenvalue weighted by Gasteiger charge is 2.15. The first kappa shape index (κ1) is 17.7. The van der Waals surface area contributed by atoms with Crippen LogP contribution in [0.15, 0.2) is 42.5 Å². The number of halogens is 2. The molecule has 0 spiro atoms. The van der Waals surface area contributed by atoms with Gasteiger partial charge in [0.05, 0.1) is 10.5 Å². The highest BCUT2D eigenvalue weighted by atomic mass is 35.5. The molecular formula is C15H10Cl2N2O5. The molecule has 0 fully saturated rings. The normalized spacial score (nSPS) is 10.1. The minimum Gasteiger partial charge on any atom is -0.452 e. The number of nitro benzene ring substituents is 1.